The van der Waals surface area contributed by atoms with E-state index >= 15 is 0 Å². The van der Waals surface area contributed by atoms with Gasteiger partial charge in [0, 0.05) is 25.7 Å². The van der Waals surface area contributed by atoms with Gasteiger partial charge in [-0.25, -0.2) is 4.79 Å². The predicted octanol–water partition coefficient (Wildman–Crippen LogP) is 3.21. The lowest BCUT2D eigenvalue weighted by Gasteiger charge is -2.47. The van der Waals surface area contributed by atoms with Crippen molar-refractivity contribution in [2.45, 2.75) is 71.4 Å². The Hall–Kier alpha value is -1.30. The summed E-state index contributed by atoms with van der Waals surface area (Å²) < 4.78 is 5.45. The first kappa shape index (κ1) is 19.5. The number of carbonyl (C=O) groups is 2. The highest BCUT2D eigenvalue weighted by molar-refractivity contribution is 5.74. The molecule has 0 aromatic rings. The van der Waals surface area contributed by atoms with E-state index in [0.29, 0.717) is 17.9 Å². The number of ether oxygens (including phenoxy) is 1. The van der Waals surface area contributed by atoms with Gasteiger partial charge in [-0.05, 0) is 78.2 Å². The van der Waals surface area contributed by atoms with Crippen LogP contribution in [0.3, 0.4) is 0 Å². The zero-order valence-electron chi connectivity index (χ0n) is 16.7. The molecule has 0 bridgehead atoms. The molecule has 0 unspecified atom stereocenters. The fourth-order valence-corrected chi connectivity index (χ4v) is 4.76. The molecule has 2 saturated heterocycles. The number of carboxylic acids is 1. The highest BCUT2D eigenvalue weighted by Crippen LogP contribution is 2.42. The van der Waals surface area contributed by atoms with Crippen LogP contribution in [0.5, 0.6) is 0 Å². The fraction of sp³-hybridized carbons (Fsp3) is 0.900. The van der Waals surface area contributed by atoms with Crippen LogP contribution in [0.25, 0.3) is 0 Å². The third kappa shape index (κ3) is 4.16. The summed E-state index contributed by atoms with van der Waals surface area (Å²) >= 11 is 0. The number of nitrogens with zero attached hydrogens (tertiary/aromatic N) is 2. The van der Waals surface area contributed by atoms with Crippen molar-refractivity contribution in [2.75, 3.05) is 26.2 Å². The normalized spacial score (nSPS) is 33.8. The number of hydrogen-bond acceptors (Lipinski definition) is 4. The summed E-state index contributed by atoms with van der Waals surface area (Å²) in [5, 5.41) is 9.47. The van der Waals surface area contributed by atoms with Gasteiger partial charge in [0.2, 0.25) is 0 Å². The fourth-order valence-electron chi connectivity index (χ4n) is 4.76. The lowest BCUT2D eigenvalue weighted by Crippen LogP contribution is -2.56. The van der Waals surface area contributed by atoms with Crippen molar-refractivity contribution in [3.8, 4) is 0 Å². The second kappa shape index (κ2) is 7.02. The molecule has 0 radical (unpaired) electrons. The number of aliphatic carboxylic acids is 1. The average molecular weight is 367 g/mol. The van der Waals surface area contributed by atoms with E-state index in [2.05, 4.69) is 4.90 Å². The number of rotatable bonds is 3. The molecule has 2 heterocycles. The van der Waals surface area contributed by atoms with Crippen molar-refractivity contribution in [1.82, 2.24) is 9.80 Å². The van der Waals surface area contributed by atoms with Crippen LogP contribution in [-0.2, 0) is 9.53 Å². The molecule has 1 saturated carbocycles. The Morgan fingerprint density at radius 1 is 1.12 bits per heavy atom. The van der Waals surface area contributed by atoms with Crippen molar-refractivity contribution in [1.29, 1.82) is 0 Å². The smallest absolute Gasteiger partial charge is 0.410 e. The van der Waals surface area contributed by atoms with E-state index in [1.807, 2.05) is 32.6 Å². The van der Waals surface area contributed by atoms with E-state index in [4.69, 9.17) is 4.74 Å². The molecule has 0 spiro atoms. The lowest BCUT2D eigenvalue weighted by atomic mass is 9.80. The minimum Gasteiger partial charge on any atom is -0.481 e. The first-order valence-corrected chi connectivity index (χ1v) is 10.0. The van der Waals surface area contributed by atoms with Gasteiger partial charge in [-0.2, -0.15) is 0 Å². The number of carboxylic acid groups (broad SMARTS) is 1. The van der Waals surface area contributed by atoms with Crippen LogP contribution in [0.2, 0.25) is 0 Å². The van der Waals surface area contributed by atoms with Gasteiger partial charge >= 0.3 is 12.1 Å². The molecule has 3 atom stereocenters. The quantitative estimate of drug-likeness (QED) is 0.830. The van der Waals surface area contributed by atoms with Gasteiger partial charge in [0.1, 0.15) is 5.60 Å². The van der Waals surface area contributed by atoms with Gasteiger partial charge < -0.3 is 19.6 Å². The summed E-state index contributed by atoms with van der Waals surface area (Å²) in [6.07, 6.45) is 4.73. The van der Waals surface area contributed by atoms with Crippen molar-refractivity contribution < 1.29 is 19.4 Å². The maximum absolute atomic E-state index is 12.1. The highest BCUT2D eigenvalue weighted by Gasteiger charge is 2.45. The monoisotopic (exact) mass is 366 g/mol. The van der Waals surface area contributed by atoms with Crippen LogP contribution >= 0.6 is 0 Å². The van der Waals surface area contributed by atoms with E-state index in [-0.39, 0.29) is 6.09 Å². The van der Waals surface area contributed by atoms with Crippen LogP contribution < -0.4 is 0 Å². The Bertz CT molecular complexity index is 553. The maximum atomic E-state index is 12.1. The Labute approximate surface area is 156 Å². The second-order valence-electron chi connectivity index (χ2n) is 9.81. The summed E-state index contributed by atoms with van der Waals surface area (Å²) in [6.45, 7) is 11.3. The van der Waals surface area contributed by atoms with Crippen LogP contribution in [0.15, 0.2) is 0 Å². The minimum absolute atomic E-state index is 0.200. The minimum atomic E-state index is -0.652. The van der Waals surface area contributed by atoms with E-state index in [9.17, 15) is 14.7 Å². The highest BCUT2D eigenvalue weighted by atomic mass is 16.6. The number of carbonyl (C=O) groups excluding carboxylic acids is 1. The molecule has 26 heavy (non-hydrogen) atoms. The lowest BCUT2D eigenvalue weighted by molar-refractivity contribution is -0.147. The van der Waals surface area contributed by atoms with Crippen LogP contribution in [0.4, 0.5) is 4.79 Å². The Morgan fingerprint density at radius 2 is 1.81 bits per heavy atom. The molecule has 3 aliphatic rings. The molecular weight excluding hydrogens is 332 g/mol. The van der Waals surface area contributed by atoms with E-state index in [0.717, 1.165) is 45.4 Å². The van der Waals surface area contributed by atoms with Crippen molar-refractivity contribution >= 4 is 12.1 Å². The standard InChI is InChI=1S/C20H34N2O4/c1-19(2,3)26-18(25)22-12-15(13-22)14-6-5-9-21(11-14)16-7-8-20(4,10-16)17(23)24/h14-16H,5-13H2,1-4H3,(H,23,24)/t14-,16+,20+/m0/s1. The largest absolute Gasteiger partial charge is 0.481 e. The van der Waals surface area contributed by atoms with Crippen LogP contribution in [0.1, 0.15) is 59.8 Å². The van der Waals surface area contributed by atoms with Gasteiger partial charge in [-0.15, -0.1) is 0 Å². The molecule has 148 valence electrons. The summed E-state index contributed by atoms with van der Waals surface area (Å²) in [5.74, 6) is 0.511. The summed E-state index contributed by atoms with van der Waals surface area (Å²) in [4.78, 5) is 28.0. The predicted molar refractivity (Wildman–Crippen MR) is 99.0 cm³/mol. The first-order chi connectivity index (χ1) is 12.1. The van der Waals surface area contributed by atoms with Gasteiger partial charge in [0.05, 0.1) is 5.41 Å². The zero-order valence-corrected chi connectivity index (χ0v) is 16.7. The molecule has 3 fully saturated rings. The Balaban J connectivity index is 1.48. The molecular formula is C20H34N2O4. The average Bonchev–Trinajstić information content (AvgIpc) is 2.88. The van der Waals surface area contributed by atoms with Crippen molar-refractivity contribution in [2.24, 2.45) is 17.3 Å². The Morgan fingerprint density at radius 3 is 2.38 bits per heavy atom. The molecule has 1 amide bonds. The number of amides is 1. The number of hydrogen-bond donors (Lipinski definition) is 1. The third-order valence-electron chi connectivity index (χ3n) is 6.47. The SMILES string of the molecule is CC(C)(C)OC(=O)N1CC([C@H]2CCCN([C@@H]3CC[C@@](C)(C(=O)O)C3)C2)C1. The molecule has 2 aliphatic heterocycles. The van der Waals surface area contributed by atoms with Crippen molar-refractivity contribution in [3.63, 3.8) is 0 Å². The van der Waals surface area contributed by atoms with E-state index in [1.165, 1.54) is 12.8 Å². The van der Waals surface area contributed by atoms with Gasteiger partial charge in [0.25, 0.3) is 0 Å². The topological polar surface area (TPSA) is 70.1 Å². The molecule has 6 heteroatoms. The maximum Gasteiger partial charge on any atom is 0.410 e. The van der Waals surface area contributed by atoms with Gasteiger partial charge in [-0.1, -0.05) is 0 Å². The van der Waals surface area contributed by atoms with E-state index < -0.39 is 17.0 Å². The summed E-state index contributed by atoms with van der Waals surface area (Å²) in [7, 11) is 0. The first-order valence-electron chi connectivity index (χ1n) is 10.0. The molecule has 0 aromatic heterocycles. The number of piperidine rings is 1. The van der Waals surface area contributed by atoms with Crippen LogP contribution in [-0.4, -0.2) is 64.8 Å². The molecule has 6 nitrogen and oxygen atoms in total. The van der Waals surface area contributed by atoms with Crippen LogP contribution in [0, 0.1) is 17.3 Å². The van der Waals surface area contributed by atoms with Gasteiger partial charge in [-0.3, -0.25) is 4.79 Å². The Kier molecular flexibility index (Phi) is 5.26. The van der Waals surface area contributed by atoms with Gasteiger partial charge in [0.15, 0.2) is 0 Å². The van der Waals surface area contributed by atoms with Crippen molar-refractivity contribution in [3.05, 3.63) is 0 Å². The van der Waals surface area contributed by atoms with E-state index in [1.54, 1.807) is 0 Å². The summed E-state index contributed by atoms with van der Waals surface area (Å²) in [5.41, 5.74) is -0.995. The molecule has 1 aliphatic carbocycles. The molecule has 1 N–H and O–H groups in total. The third-order valence-corrected chi connectivity index (χ3v) is 6.47. The zero-order chi connectivity index (χ0) is 19.1. The number of likely N-dealkylation sites (tertiary alicyclic amines) is 2. The molecule has 0 aromatic carbocycles. The second-order valence-corrected chi connectivity index (χ2v) is 9.81. The molecule has 3 rings (SSSR count). The summed E-state index contributed by atoms with van der Waals surface area (Å²) in [6, 6.07) is 0.404.